The number of halogens is 3. The minimum Gasteiger partial charge on any atom is -0.431 e. The van der Waals surface area contributed by atoms with E-state index in [9.17, 15) is 18.0 Å². The summed E-state index contributed by atoms with van der Waals surface area (Å²) in [5.74, 6) is 0.542. The van der Waals surface area contributed by atoms with Crippen molar-refractivity contribution in [3.63, 3.8) is 0 Å². The van der Waals surface area contributed by atoms with Crippen LogP contribution in [0.1, 0.15) is 30.2 Å². The van der Waals surface area contributed by atoms with Crippen molar-refractivity contribution in [1.29, 1.82) is 0 Å². The number of nitrogens with zero attached hydrogens (tertiary/aromatic N) is 4. The summed E-state index contributed by atoms with van der Waals surface area (Å²) in [7, 11) is 0. The Labute approximate surface area is 196 Å². The Bertz CT molecular complexity index is 1270. The minimum absolute atomic E-state index is 0.0422. The SMILES string of the molecule is O=C(CSc1nc2ccccc2o1)N1CCCC(c2nnc(-c3ccc(C(F)(F)F)cc3)o2)C1. The van der Waals surface area contributed by atoms with Crippen LogP contribution in [0.4, 0.5) is 13.2 Å². The number of rotatable bonds is 5. The molecule has 2 aromatic heterocycles. The molecule has 11 heteroatoms. The van der Waals surface area contributed by atoms with E-state index < -0.39 is 11.7 Å². The van der Waals surface area contributed by atoms with Gasteiger partial charge in [0.2, 0.25) is 17.7 Å². The number of oxazole rings is 1. The zero-order valence-electron chi connectivity index (χ0n) is 17.8. The fourth-order valence-electron chi connectivity index (χ4n) is 3.85. The number of carbonyl (C=O) groups is 1. The van der Waals surface area contributed by atoms with E-state index >= 15 is 0 Å². The number of aromatic nitrogens is 3. The molecule has 1 saturated heterocycles. The molecular formula is C23H19F3N4O3S. The molecule has 0 bridgehead atoms. The summed E-state index contributed by atoms with van der Waals surface area (Å²) in [6, 6.07) is 12.0. The van der Waals surface area contributed by atoms with Crippen LogP contribution in [-0.4, -0.2) is 44.8 Å². The van der Waals surface area contributed by atoms with Crippen molar-refractivity contribution >= 4 is 28.8 Å². The molecule has 176 valence electrons. The van der Waals surface area contributed by atoms with E-state index in [1.807, 2.05) is 24.3 Å². The summed E-state index contributed by atoms with van der Waals surface area (Å²) in [4.78, 5) is 18.9. The third kappa shape index (κ3) is 4.79. The lowest BCUT2D eigenvalue weighted by molar-refractivity contribution is -0.137. The van der Waals surface area contributed by atoms with Gasteiger partial charge >= 0.3 is 6.18 Å². The standard InChI is InChI=1S/C23H19F3N4O3S/c24-23(25,26)16-9-7-14(8-10-16)20-28-29-21(33-20)15-4-3-11-30(12-15)19(31)13-34-22-27-17-5-1-2-6-18(17)32-22/h1-2,5-10,15H,3-4,11-13H2. The Kier molecular flexibility index (Phi) is 6.03. The van der Waals surface area contributed by atoms with Crippen LogP contribution in [0.15, 0.2) is 62.6 Å². The summed E-state index contributed by atoms with van der Waals surface area (Å²) < 4.78 is 49.7. The number of hydrogen-bond donors (Lipinski definition) is 0. The van der Waals surface area contributed by atoms with Crippen molar-refractivity contribution in [2.75, 3.05) is 18.8 Å². The highest BCUT2D eigenvalue weighted by Gasteiger charge is 2.31. The Balaban J connectivity index is 1.21. The highest BCUT2D eigenvalue weighted by atomic mass is 32.2. The van der Waals surface area contributed by atoms with Crippen LogP contribution in [0.3, 0.4) is 0 Å². The number of fused-ring (bicyclic) bond motifs is 1. The molecule has 3 heterocycles. The molecule has 1 unspecified atom stereocenters. The smallest absolute Gasteiger partial charge is 0.416 e. The van der Waals surface area contributed by atoms with Gasteiger partial charge in [-0.15, -0.1) is 10.2 Å². The van der Waals surface area contributed by atoms with E-state index in [1.165, 1.54) is 23.9 Å². The molecule has 0 radical (unpaired) electrons. The van der Waals surface area contributed by atoms with Crippen molar-refractivity contribution in [2.45, 2.75) is 30.2 Å². The van der Waals surface area contributed by atoms with Gasteiger partial charge in [-0.05, 0) is 49.2 Å². The first-order chi connectivity index (χ1) is 16.4. The summed E-state index contributed by atoms with van der Waals surface area (Å²) in [5.41, 5.74) is 1.09. The number of hydrogen-bond acceptors (Lipinski definition) is 7. The van der Waals surface area contributed by atoms with Crippen LogP contribution < -0.4 is 0 Å². The van der Waals surface area contributed by atoms with Gasteiger partial charge < -0.3 is 13.7 Å². The number of para-hydroxylation sites is 2. The maximum Gasteiger partial charge on any atom is 0.416 e. The minimum atomic E-state index is -4.41. The van der Waals surface area contributed by atoms with Gasteiger partial charge in [-0.1, -0.05) is 23.9 Å². The molecular weight excluding hydrogens is 469 g/mol. The van der Waals surface area contributed by atoms with Crippen molar-refractivity contribution in [3.8, 4) is 11.5 Å². The second kappa shape index (κ2) is 9.13. The van der Waals surface area contributed by atoms with Gasteiger partial charge in [0.25, 0.3) is 5.22 Å². The Morgan fingerprint density at radius 3 is 2.65 bits per heavy atom. The van der Waals surface area contributed by atoms with Gasteiger partial charge in [0.1, 0.15) is 5.52 Å². The first kappa shape index (κ1) is 22.5. The average Bonchev–Trinajstić information content (AvgIpc) is 3.49. The molecule has 5 rings (SSSR count). The number of amides is 1. The highest BCUT2D eigenvalue weighted by Crippen LogP contribution is 2.32. The molecule has 0 aliphatic carbocycles. The molecule has 7 nitrogen and oxygen atoms in total. The van der Waals surface area contributed by atoms with Gasteiger partial charge in [-0.25, -0.2) is 4.98 Å². The van der Waals surface area contributed by atoms with Crippen molar-refractivity contribution < 1.29 is 26.8 Å². The molecule has 0 spiro atoms. The zero-order valence-corrected chi connectivity index (χ0v) is 18.6. The Hall–Kier alpha value is -3.34. The summed E-state index contributed by atoms with van der Waals surface area (Å²) in [6.07, 6.45) is -2.85. The van der Waals surface area contributed by atoms with Crippen molar-refractivity contribution in [1.82, 2.24) is 20.1 Å². The first-order valence-corrected chi connectivity index (χ1v) is 11.6. The predicted molar refractivity (Wildman–Crippen MR) is 118 cm³/mol. The van der Waals surface area contributed by atoms with E-state index in [2.05, 4.69) is 15.2 Å². The van der Waals surface area contributed by atoms with Gasteiger partial charge in [0.05, 0.1) is 17.2 Å². The molecule has 0 N–H and O–H groups in total. The van der Waals surface area contributed by atoms with Gasteiger partial charge in [0.15, 0.2) is 5.58 Å². The van der Waals surface area contributed by atoms with E-state index in [-0.39, 0.29) is 23.5 Å². The number of benzene rings is 2. The molecule has 1 fully saturated rings. The molecule has 4 aromatic rings. The Morgan fingerprint density at radius 2 is 1.88 bits per heavy atom. The number of thioether (sulfide) groups is 1. The molecule has 34 heavy (non-hydrogen) atoms. The lowest BCUT2D eigenvalue weighted by Gasteiger charge is -2.30. The largest absolute Gasteiger partial charge is 0.431 e. The monoisotopic (exact) mass is 488 g/mol. The van der Waals surface area contributed by atoms with Crippen LogP contribution in [0, 0.1) is 0 Å². The molecule has 0 saturated carbocycles. The molecule has 1 aliphatic rings. The third-order valence-corrected chi connectivity index (χ3v) is 6.43. The highest BCUT2D eigenvalue weighted by molar-refractivity contribution is 7.99. The van der Waals surface area contributed by atoms with Gasteiger partial charge in [-0.2, -0.15) is 13.2 Å². The molecule has 1 aliphatic heterocycles. The van der Waals surface area contributed by atoms with Crippen LogP contribution >= 0.6 is 11.8 Å². The summed E-state index contributed by atoms with van der Waals surface area (Å²) in [5, 5.41) is 8.53. The lowest BCUT2D eigenvalue weighted by atomic mass is 9.98. The second-order valence-corrected chi connectivity index (χ2v) is 8.86. The quantitative estimate of drug-likeness (QED) is 0.348. The van der Waals surface area contributed by atoms with E-state index in [1.54, 1.807) is 4.90 Å². The molecule has 1 amide bonds. The number of alkyl halides is 3. The van der Waals surface area contributed by atoms with Crippen LogP contribution in [0.5, 0.6) is 0 Å². The third-order valence-electron chi connectivity index (χ3n) is 5.62. The maximum atomic E-state index is 12.8. The summed E-state index contributed by atoms with van der Waals surface area (Å²) in [6.45, 7) is 1.06. The van der Waals surface area contributed by atoms with E-state index in [0.717, 1.165) is 30.5 Å². The normalized spacial score (nSPS) is 16.8. The number of carbonyl (C=O) groups excluding carboxylic acids is 1. The molecule has 2 aromatic carbocycles. The van der Waals surface area contributed by atoms with E-state index in [4.69, 9.17) is 8.83 Å². The summed E-state index contributed by atoms with van der Waals surface area (Å²) >= 11 is 1.25. The maximum absolute atomic E-state index is 12.8. The average molecular weight is 488 g/mol. The van der Waals surface area contributed by atoms with Gasteiger partial charge in [0, 0.05) is 18.7 Å². The predicted octanol–water partition coefficient (Wildman–Crippen LogP) is 5.39. The van der Waals surface area contributed by atoms with Crippen molar-refractivity contribution in [3.05, 3.63) is 60.0 Å². The van der Waals surface area contributed by atoms with Gasteiger partial charge in [-0.3, -0.25) is 4.79 Å². The first-order valence-electron chi connectivity index (χ1n) is 10.6. The Morgan fingerprint density at radius 1 is 1.09 bits per heavy atom. The second-order valence-electron chi connectivity index (χ2n) is 7.94. The van der Waals surface area contributed by atoms with E-state index in [0.29, 0.717) is 35.3 Å². The zero-order chi connectivity index (χ0) is 23.7. The lowest BCUT2D eigenvalue weighted by Crippen LogP contribution is -2.40. The van der Waals surface area contributed by atoms with Crippen LogP contribution in [-0.2, 0) is 11.0 Å². The van der Waals surface area contributed by atoms with Crippen LogP contribution in [0.25, 0.3) is 22.6 Å². The van der Waals surface area contributed by atoms with Crippen molar-refractivity contribution in [2.24, 2.45) is 0 Å². The number of piperidine rings is 1. The number of likely N-dealkylation sites (tertiary alicyclic amines) is 1. The fourth-order valence-corrected chi connectivity index (χ4v) is 4.59. The van der Waals surface area contributed by atoms with Crippen LogP contribution in [0.2, 0.25) is 0 Å². The fraction of sp³-hybridized carbons (Fsp3) is 0.304. The molecule has 1 atom stereocenters. The topological polar surface area (TPSA) is 85.3 Å².